The number of rotatable bonds is 3. The van der Waals surface area contributed by atoms with Gasteiger partial charge in [-0.25, -0.2) is 0 Å². The van der Waals surface area contributed by atoms with E-state index in [0.717, 1.165) is 0 Å². The van der Waals surface area contributed by atoms with Gasteiger partial charge >= 0.3 is 0 Å². The molecule has 2 aromatic rings. The summed E-state index contributed by atoms with van der Waals surface area (Å²) < 4.78 is 5.57. The summed E-state index contributed by atoms with van der Waals surface area (Å²) in [5.41, 5.74) is 5.74. The van der Waals surface area contributed by atoms with Crippen LogP contribution in [0.25, 0.3) is 0 Å². The molecular formula is C12H9Cl2N3O2. The van der Waals surface area contributed by atoms with E-state index < -0.39 is 0 Å². The van der Waals surface area contributed by atoms with Gasteiger partial charge in [0.2, 0.25) is 0 Å². The third-order valence-corrected chi connectivity index (χ3v) is 2.61. The summed E-state index contributed by atoms with van der Waals surface area (Å²) in [6.07, 6.45) is 1.48. The van der Waals surface area contributed by atoms with Gasteiger partial charge in [0, 0.05) is 22.3 Å². The minimum atomic E-state index is -0.102. The molecule has 0 spiro atoms. The van der Waals surface area contributed by atoms with Crippen LogP contribution in [0.1, 0.15) is 5.69 Å². The number of amidine groups is 1. The third-order valence-electron chi connectivity index (χ3n) is 2.17. The molecule has 1 heterocycles. The molecule has 2 rings (SSSR count). The standard InChI is InChI=1S/C12H9Cl2N3O2/c13-7-3-8(14)5-10(4-7)19-9-1-2-16-11(6-9)12(15)17-18/h1-6,18H,(H2,15,17). The van der Waals surface area contributed by atoms with Gasteiger partial charge in [-0.15, -0.1) is 0 Å². The highest BCUT2D eigenvalue weighted by atomic mass is 35.5. The largest absolute Gasteiger partial charge is 0.457 e. The third kappa shape index (κ3) is 3.49. The molecule has 0 aliphatic rings. The van der Waals surface area contributed by atoms with Crippen molar-refractivity contribution in [2.24, 2.45) is 10.9 Å². The quantitative estimate of drug-likeness (QED) is 0.394. The van der Waals surface area contributed by atoms with Crippen molar-refractivity contribution in [2.45, 2.75) is 0 Å². The van der Waals surface area contributed by atoms with E-state index in [9.17, 15) is 0 Å². The molecule has 0 radical (unpaired) electrons. The predicted octanol–water partition coefficient (Wildman–Crippen LogP) is 3.28. The van der Waals surface area contributed by atoms with Crippen LogP contribution in [0, 0.1) is 0 Å². The first-order chi connectivity index (χ1) is 9.08. The molecule has 0 aliphatic heterocycles. The molecule has 0 saturated heterocycles. The molecule has 0 unspecified atom stereocenters. The average molecular weight is 298 g/mol. The molecule has 0 amide bonds. The minimum Gasteiger partial charge on any atom is -0.457 e. The SMILES string of the molecule is NC(=NO)c1cc(Oc2cc(Cl)cc(Cl)c2)ccn1. The summed E-state index contributed by atoms with van der Waals surface area (Å²) >= 11 is 11.7. The van der Waals surface area contributed by atoms with Crippen molar-refractivity contribution in [3.05, 3.63) is 52.3 Å². The summed E-state index contributed by atoms with van der Waals surface area (Å²) in [7, 11) is 0. The van der Waals surface area contributed by atoms with Gasteiger partial charge in [-0.1, -0.05) is 28.4 Å². The van der Waals surface area contributed by atoms with E-state index in [2.05, 4.69) is 10.1 Å². The maximum absolute atomic E-state index is 8.59. The monoisotopic (exact) mass is 297 g/mol. The zero-order valence-electron chi connectivity index (χ0n) is 9.55. The van der Waals surface area contributed by atoms with Crippen molar-refractivity contribution in [3.63, 3.8) is 0 Å². The molecule has 0 saturated carbocycles. The Morgan fingerprint density at radius 1 is 1.16 bits per heavy atom. The average Bonchev–Trinajstić information content (AvgIpc) is 2.37. The topological polar surface area (TPSA) is 80.7 Å². The number of nitrogens with two attached hydrogens (primary N) is 1. The Morgan fingerprint density at radius 2 is 1.84 bits per heavy atom. The molecule has 7 heteroatoms. The van der Waals surface area contributed by atoms with Crippen molar-refractivity contribution >= 4 is 29.0 Å². The van der Waals surface area contributed by atoms with Crippen LogP contribution >= 0.6 is 23.2 Å². The van der Waals surface area contributed by atoms with Gasteiger partial charge in [0.15, 0.2) is 5.84 Å². The van der Waals surface area contributed by atoms with Gasteiger partial charge in [-0.05, 0) is 24.3 Å². The van der Waals surface area contributed by atoms with Gasteiger partial charge in [-0.2, -0.15) is 0 Å². The van der Waals surface area contributed by atoms with E-state index in [0.29, 0.717) is 27.2 Å². The molecule has 1 aromatic carbocycles. The summed E-state index contributed by atoms with van der Waals surface area (Å²) in [5, 5.41) is 12.4. The fraction of sp³-hybridized carbons (Fsp3) is 0. The van der Waals surface area contributed by atoms with Crippen LogP contribution in [0.5, 0.6) is 11.5 Å². The molecule has 0 bridgehead atoms. The van der Waals surface area contributed by atoms with Gasteiger partial charge < -0.3 is 15.7 Å². The predicted molar refractivity (Wildman–Crippen MR) is 73.3 cm³/mol. The molecule has 0 aliphatic carbocycles. The van der Waals surface area contributed by atoms with Crippen molar-refractivity contribution in [1.82, 2.24) is 4.98 Å². The number of halogens is 2. The normalized spacial score (nSPS) is 11.4. The number of aromatic nitrogens is 1. The first kappa shape index (κ1) is 13.5. The van der Waals surface area contributed by atoms with Gasteiger partial charge in [0.05, 0.1) is 0 Å². The molecule has 5 nitrogen and oxygen atoms in total. The highest BCUT2D eigenvalue weighted by molar-refractivity contribution is 6.34. The summed E-state index contributed by atoms with van der Waals surface area (Å²) in [5.74, 6) is 0.846. The Labute approximate surface area is 119 Å². The lowest BCUT2D eigenvalue weighted by atomic mass is 10.3. The van der Waals surface area contributed by atoms with Crippen LogP contribution in [0.3, 0.4) is 0 Å². The van der Waals surface area contributed by atoms with Crippen LogP contribution in [0.4, 0.5) is 0 Å². The van der Waals surface area contributed by atoms with Crippen LogP contribution in [-0.2, 0) is 0 Å². The van der Waals surface area contributed by atoms with E-state index >= 15 is 0 Å². The number of pyridine rings is 1. The smallest absolute Gasteiger partial charge is 0.188 e. The van der Waals surface area contributed by atoms with E-state index in [1.807, 2.05) is 0 Å². The number of ether oxygens (including phenoxy) is 1. The second-order valence-electron chi connectivity index (χ2n) is 3.57. The number of benzene rings is 1. The van der Waals surface area contributed by atoms with E-state index in [-0.39, 0.29) is 5.84 Å². The Kier molecular flexibility index (Phi) is 4.09. The maximum Gasteiger partial charge on any atom is 0.188 e. The molecule has 3 N–H and O–H groups in total. The highest BCUT2D eigenvalue weighted by Crippen LogP contribution is 2.28. The Morgan fingerprint density at radius 3 is 2.47 bits per heavy atom. The van der Waals surface area contributed by atoms with E-state index in [1.165, 1.54) is 12.3 Å². The first-order valence-corrected chi connectivity index (χ1v) is 5.92. The highest BCUT2D eigenvalue weighted by Gasteiger charge is 2.05. The lowest BCUT2D eigenvalue weighted by molar-refractivity contribution is 0.318. The van der Waals surface area contributed by atoms with E-state index in [1.54, 1.807) is 24.3 Å². The van der Waals surface area contributed by atoms with Crippen molar-refractivity contribution < 1.29 is 9.94 Å². The molecule has 0 fully saturated rings. The number of hydrogen-bond donors (Lipinski definition) is 2. The van der Waals surface area contributed by atoms with Crippen molar-refractivity contribution in [2.75, 3.05) is 0 Å². The number of oxime groups is 1. The first-order valence-electron chi connectivity index (χ1n) is 5.16. The second-order valence-corrected chi connectivity index (χ2v) is 4.44. The maximum atomic E-state index is 8.59. The number of hydrogen-bond acceptors (Lipinski definition) is 4. The Bertz CT molecular complexity index is 612. The second kappa shape index (κ2) is 5.77. The van der Waals surface area contributed by atoms with Gasteiger partial charge in [0.25, 0.3) is 0 Å². The fourth-order valence-electron chi connectivity index (χ4n) is 1.39. The van der Waals surface area contributed by atoms with Crippen molar-refractivity contribution in [1.29, 1.82) is 0 Å². The van der Waals surface area contributed by atoms with Crippen LogP contribution < -0.4 is 10.5 Å². The molecule has 1 aromatic heterocycles. The van der Waals surface area contributed by atoms with Crippen LogP contribution in [0.15, 0.2) is 41.7 Å². The van der Waals surface area contributed by atoms with Crippen LogP contribution in [0.2, 0.25) is 10.0 Å². The molecule has 98 valence electrons. The van der Waals surface area contributed by atoms with E-state index in [4.69, 9.17) is 38.9 Å². The minimum absolute atomic E-state index is 0.102. The van der Waals surface area contributed by atoms with Gasteiger partial charge in [-0.3, -0.25) is 4.98 Å². The van der Waals surface area contributed by atoms with Gasteiger partial charge in [0.1, 0.15) is 17.2 Å². The Balaban J connectivity index is 2.28. The fourth-order valence-corrected chi connectivity index (χ4v) is 1.90. The lowest BCUT2D eigenvalue weighted by Gasteiger charge is -2.07. The zero-order valence-corrected chi connectivity index (χ0v) is 11.1. The van der Waals surface area contributed by atoms with Crippen molar-refractivity contribution in [3.8, 4) is 11.5 Å². The summed E-state index contributed by atoms with van der Waals surface area (Å²) in [6, 6.07) is 8.01. The van der Waals surface area contributed by atoms with Crippen LogP contribution in [-0.4, -0.2) is 16.0 Å². The summed E-state index contributed by atoms with van der Waals surface area (Å²) in [6.45, 7) is 0. The molecular weight excluding hydrogens is 289 g/mol. The summed E-state index contributed by atoms with van der Waals surface area (Å²) in [4.78, 5) is 3.94. The Hall–Kier alpha value is -1.98. The lowest BCUT2D eigenvalue weighted by Crippen LogP contribution is -2.14. The molecule has 19 heavy (non-hydrogen) atoms. The zero-order chi connectivity index (χ0) is 13.8. The molecule has 0 atom stereocenters. The number of nitrogens with zero attached hydrogens (tertiary/aromatic N) is 2.